The van der Waals surface area contributed by atoms with Crippen LogP contribution in [0.1, 0.15) is 11.1 Å². The highest BCUT2D eigenvalue weighted by Gasteiger charge is 2.14. The maximum absolute atomic E-state index is 7.61. The largest absolute Gasteiger partial charge is 0.493 e. The first-order chi connectivity index (χ1) is 14.6. The van der Waals surface area contributed by atoms with E-state index in [-0.39, 0.29) is 0 Å². The minimum atomic E-state index is 0.488. The summed E-state index contributed by atoms with van der Waals surface area (Å²) in [6, 6.07) is 19.4. The minimum absolute atomic E-state index is 0.488. The predicted molar refractivity (Wildman–Crippen MR) is 125 cm³/mol. The van der Waals surface area contributed by atoms with Crippen molar-refractivity contribution in [2.45, 2.75) is 6.42 Å². The number of hydrogen-bond acceptors (Lipinski definition) is 4. The Hall–Kier alpha value is -2.53. The number of nitrogens with one attached hydrogen (secondary N) is 2. The molecule has 3 aromatic rings. The van der Waals surface area contributed by atoms with Crippen molar-refractivity contribution >= 4 is 29.4 Å². The van der Waals surface area contributed by atoms with Crippen LogP contribution in [-0.2, 0) is 6.42 Å². The van der Waals surface area contributed by atoms with E-state index in [9.17, 15) is 0 Å². The average Bonchev–Trinajstić information content (AvgIpc) is 2.78. The molecule has 0 aliphatic heterocycles. The van der Waals surface area contributed by atoms with Crippen molar-refractivity contribution in [2.24, 2.45) is 0 Å². The highest BCUT2D eigenvalue weighted by molar-refractivity contribution is 6.42. The summed E-state index contributed by atoms with van der Waals surface area (Å²) in [4.78, 5) is 0. The van der Waals surface area contributed by atoms with E-state index in [2.05, 4.69) is 5.32 Å². The molecule has 0 aliphatic carbocycles. The lowest BCUT2D eigenvalue weighted by atomic mass is 10.0. The van der Waals surface area contributed by atoms with Gasteiger partial charge in [0.1, 0.15) is 6.61 Å². The van der Waals surface area contributed by atoms with Gasteiger partial charge in [-0.1, -0.05) is 59.6 Å². The van der Waals surface area contributed by atoms with E-state index < -0.39 is 0 Å². The van der Waals surface area contributed by atoms with Crippen LogP contribution >= 0.6 is 23.2 Å². The lowest BCUT2D eigenvalue weighted by Gasteiger charge is -2.17. The zero-order valence-electron chi connectivity index (χ0n) is 16.8. The summed E-state index contributed by atoms with van der Waals surface area (Å²) < 4.78 is 11.6. The van der Waals surface area contributed by atoms with Crippen LogP contribution in [0.25, 0.3) is 11.1 Å². The third-order valence-electron chi connectivity index (χ3n) is 4.65. The second kappa shape index (κ2) is 11.0. The van der Waals surface area contributed by atoms with Crippen molar-refractivity contribution in [3.05, 3.63) is 81.8 Å². The van der Waals surface area contributed by atoms with E-state index in [4.69, 9.17) is 38.1 Å². The van der Waals surface area contributed by atoms with Crippen molar-refractivity contribution in [1.29, 1.82) is 5.41 Å². The second-order valence-corrected chi connectivity index (χ2v) is 7.52. The lowest BCUT2D eigenvalue weighted by molar-refractivity contribution is 0.294. The molecule has 2 N–H and O–H groups in total. The molecule has 0 fully saturated rings. The molecule has 0 aromatic heterocycles. The van der Waals surface area contributed by atoms with E-state index in [0.29, 0.717) is 34.7 Å². The first kappa shape index (κ1) is 22.2. The van der Waals surface area contributed by atoms with Gasteiger partial charge in [0.25, 0.3) is 0 Å². The van der Waals surface area contributed by atoms with E-state index in [1.807, 2.05) is 60.7 Å². The summed E-state index contributed by atoms with van der Waals surface area (Å²) in [6.45, 7) is 1.98. The molecule has 4 nitrogen and oxygen atoms in total. The second-order valence-electron chi connectivity index (χ2n) is 6.71. The fraction of sp³-hybridized carbons (Fsp3) is 0.208. The summed E-state index contributed by atoms with van der Waals surface area (Å²) in [6.07, 6.45) is 2.16. The predicted octanol–water partition coefficient (Wildman–Crippen LogP) is 5.88. The highest BCUT2D eigenvalue weighted by Crippen LogP contribution is 2.39. The number of ether oxygens (including phenoxy) is 2. The average molecular weight is 443 g/mol. The lowest BCUT2D eigenvalue weighted by Crippen LogP contribution is -2.23. The van der Waals surface area contributed by atoms with Gasteiger partial charge in [-0.3, -0.25) is 0 Å². The summed E-state index contributed by atoms with van der Waals surface area (Å²) in [5, 5.41) is 12.1. The molecular formula is C24H24Cl2N2O2. The van der Waals surface area contributed by atoms with Gasteiger partial charge >= 0.3 is 0 Å². The highest BCUT2D eigenvalue weighted by atomic mass is 35.5. The molecule has 0 heterocycles. The Labute approximate surface area is 187 Å². The van der Waals surface area contributed by atoms with Crippen LogP contribution in [0.5, 0.6) is 11.5 Å². The molecule has 3 rings (SSSR count). The number of rotatable bonds is 10. The van der Waals surface area contributed by atoms with E-state index in [1.165, 1.54) is 6.21 Å². The van der Waals surface area contributed by atoms with Gasteiger partial charge < -0.3 is 20.2 Å². The molecule has 0 bridgehead atoms. The molecule has 156 valence electrons. The third-order valence-corrected chi connectivity index (χ3v) is 5.39. The van der Waals surface area contributed by atoms with Gasteiger partial charge in [-0.05, 0) is 53.9 Å². The summed E-state index contributed by atoms with van der Waals surface area (Å²) in [7, 11) is 1.61. The first-order valence-electron chi connectivity index (χ1n) is 9.67. The smallest absolute Gasteiger partial charge is 0.169 e. The topological polar surface area (TPSA) is 54.3 Å². The van der Waals surface area contributed by atoms with E-state index >= 15 is 0 Å². The van der Waals surface area contributed by atoms with Crippen molar-refractivity contribution in [2.75, 3.05) is 26.8 Å². The van der Waals surface area contributed by atoms with Gasteiger partial charge in [-0.25, -0.2) is 0 Å². The fourth-order valence-corrected chi connectivity index (χ4v) is 3.44. The van der Waals surface area contributed by atoms with Crippen LogP contribution < -0.4 is 14.8 Å². The summed E-state index contributed by atoms with van der Waals surface area (Å²) in [5.41, 5.74) is 3.82. The first-order valence-corrected chi connectivity index (χ1v) is 10.4. The Morgan fingerprint density at radius 2 is 1.77 bits per heavy atom. The number of methoxy groups -OCH3 is 1. The third kappa shape index (κ3) is 5.76. The van der Waals surface area contributed by atoms with Crippen LogP contribution in [0.15, 0.2) is 60.7 Å². The maximum atomic E-state index is 7.61. The Morgan fingerprint density at radius 1 is 0.967 bits per heavy atom. The van der Waals surface area contributed by atoms with Gasteiger partial charge in [-0.2, -0.15) is 0 Å². The maximum Gasteiger partial charge on any atom is 0.169 e. The molecule has 3 aromatic carbocycles. The quantitative estimate of drug-likeness (QED) is 0.304. The number of halogens is 2. The van der Waals surface area contributed by atoms with Crippen LogP contribution in [-0.4, -0.2) is 33.0 Å². The van der Waals surface area contributed by atoms with Crippen LogP contribution in [0.2, 0.25) is 10.0 Å². The Balaban J connectivity index is 1.61. The summed E-state index contributed by atoms with van der Waals surface area (Å²) in [5.74, 6) is 1.30. The molecule has 0 aliphatic rings. The van der Waals surface area contributed by atoms with Gasteiger partial charge in [-0.15, -0.1) is 0 Å². The zero-order valence-corrected chi connectivity index (χ0v) is 18.3. The summed E-state index contributed by atoms with van der Waals surface area (Å²) >= 11 is 12.0. The number of hydrogen-bond donors (Lipinski definition) is 2. The zero-order chi connectivity index (χ0) is 21.3. The van der Waals surface area contributed by atoms with Gasteiger partial charge in [0.05, 0.1) is 17.2 Å². The molecular weight excluding hydrogens is 419 g/mol. The van der Waals surface area contributed by atoms with Gasteiger partial charge in [0.2, 0.25) is 0 Å². The number of benzene rings is 3. The molecule has 0 atom stereocenters. The van der Waals surface area contributed by atoms with E-state index in [0.717, 1.165) is 35.2 Å². The Morgan fingerprint density at radius 3 is 2.47 bits per heavy atom. The standard InChI is InChI=1S/C24H24Cl2N2O2/c1-29-23-15-18(16-27)13-20(19-5-3-2-4-6-19)24(23)30-12-11-28-10-9-17-7-8-21(25)22(26)14-17/h2-8,13-16,27-28H,9-12H2,1H3. The molecule has 0 radical (unpaired) electrons. The normalized spacial score (nSPS) is 10.6. The minimum Gasteiger partial charge on any atom is -0.493 e. The monoisotopic (exact) mass is 442 g/mol. The molecule has 0 unspecified atom stereocenters. The molecule has 0 saturated carbocycles. The van der Waals surface area contributed by atoms with Crippen molar-refractivity contribution in [3.63, 3.8) is 0 Å². The molecule has 30 heavy (non-hydrogen) atoms. The molecule has 6 heteroatoms. The van der Waals surface area contributed by atoms with Crippen LogP contribution in [0, 0.1) is 5.41 Å². The van der Waals surface area contributed by atoms with Crippen molar-refractivity contribution < 1.29 is 9.47 Å². The van der Waals surface area contributed by atoms with Crippen LogP contribution in [0.4, 0.5) is 0 Å². The van der Waals surface area contributed by atoms with Crippen molar-refractivity contribution in [1.82, 2.24) is 5.32 Å². The fourth-order valence-electron chi connectivity index (χ4n) is 3.12. The molecule has 0 saturated heterocycles. The molecule has 0 spiro atoms. The van der Waals surface area contributed by atoms with Gasteiger partial charge in [0, 0.05) is 18.3 Å². The Bertz CT molecular complexity index is 994. The van der Waals surface area contributed by atoms with Crippen molar-refractivity contribution in [3.8, 4) is 22.6 Å². The van der Waals surface area contributed by atoms with Crippen LogP contribution in [0.3, 0.4) is 0 Å². The Kier molecular flexibility index (Phi) is 8.14. The SMILES string of the molecule is COc1cc(C=N)cc(-c2ccccc2)c1OCCNCCc1ccc(Cl)c(Cl)c1. The van der Waals surface area contributed by atoms with E-state index in [1.54, 1.807) is 7.11 Å². The molecule has 0 amide bonds. The van der Waals surface area contributed by atoms with Gasteiger partial charge in [0.15, 0.2) is 11.5 Å².